The van der Waals surface area contributed by atoms with E-state index in [1.54, 1.807) is 19.3 Å². The monoisotopic (exact) mass is 536 g/mol. The van der Waals surface area contributed by atoms with Crippen LogP contribution in [0.5, 0.6) is 5.75 Å². The fourth-order valence-electron chi connectivity index (χ4n) is 5.12. The third-order valence-corrected chi connectivity index (χ3v) is 7.02. The summed E-state index contributed by atoms with van der Waals surface area (Å²) in [5.41, 5.74) is 1.40. The average molecular weight is 537 g/mol. The highest BCUT2D eigenvalue weighted by Crippen LogP contribution is 2.39. The molecule has 8 nitrogen and oxygen atoms in total. The highest BCUT2D eigenvalue weighted by atomic mass is 19.1. The molecule has 1 N–H and O–H groups in total. The van der Waals surface area contributed by atoms with Gasteiger partial charge in [-0.2, -0.15) is 0 Å². The van der Waals surface area contributed by atoms with E-state index in [2.05, 4.69) is 31.7 Å². The molecule has 0 bridgehead atoms. The fourth-order valence-corrected chi connectivity index (χ4v) is 5.12. The van der Waals surface area contributed by atoms with Crippen molar-refractivity contribution in [1.29, 1.82) is 0 Å². The van der Waals surface area contributed by atoms with Gasteiger partial charge in [-0.15, -0.1) is 0 Å². The van der Waals surface area contributed by atoms with Crippen molar-refractivity contribution in [2.24, 2.45) is 4.99 Å². The zero-order valence-electron chi connectivity index (χ0n) is 23.1. The molecule has 2 aromatic heterocycles. The standard InChI is InChI=1S/C29H34F2N6O2/c1-17(2)25-27(18(3)10-11-33-25)37(16-38)29-20(28(32-5)36-13-12-35(6)15-19(36)4)14-22(31)26(34-29)24-21(30)8-7-9-23(24)39/h7-11,14,16-17,19,39H,12-13,15H2,1-6H3. The summed E-state index contributed by atoms with van der Waals surface area (Å²) < 4.78 is 30.7. The van der Waals surface area contributed by atoms with Crippen LogP contribution in [0.25, 0.3) is 11.3 Å². The molecule has 1 atom stereocenters. The molecule has 4 rings (SSSR count). The number of amides is 1. The Bertz CT molecular complexity index is 1390. The van der Waals surface area contributed by atoms with E-state index < -0.39 is 23.1 Å². The highest BCUT2D eigenvalue weighted by Gasteiger charge is 2.32. The van der Waals surface area contributed by atoms with Gasteiger partial charge >= 0.3 is 0 Å². The third kappa shape index (κ3) is 5.34. The molecule has 0 radical (unpaired) electrons. The van der Waals surface area contributed by atoms with Crippen LogP contribution in [0, 0.1) is 18.6 Å². The van der Waals surface area contributed by atoms with Gasteiger partial charge in [-0.1, -0.05) is 19.9 Å². The second kappa shape index (κ2) is 11.4. The number of aryl methyl sites for hydroxylation is 1. The Balaban J connectivity index is 2.03. The number of aromatic nitrogens is 2. The number of rotatable bonds is 6. The lowest BCUT2D eigenvalue weighted by molar-refractivity contribution is -0.106. The molecule has 1 saturated heterocycles. The minimum Gasteiger partial charge on any atom is -0.507 e. The second-order valence-electron chi connectivity index (χ2n) is 10.2. The lowest BCUT2D eigenvalue weighted by Crippen LogP contribution is -2.53. The van der Waals surface area contributed by atoms with Crippen LogP contribution in [0.3, 0.4) is 0 Å². The van der Waals surface area contributed by atoms with Crippen molar-refractivity contribution in [3.05, 3.63) is 65.0 Å². The SMILES string of the molecule is CN=C(c1cc(F)c(-c2c(O)cccc2F)nc1N(C=O)c1c(C)ccnc1C(C)C)N1CCN(C)CC1C. The van der Waals surface area contributed by atoms with Crippen molar-refractivity contribution in [3.8, 4) is 17.0 Å². The first-order chi connectivity index (χ1) is 18.6. The van der Waals surface area contributed by atoms with E-state index in [1.807, 2.05) is 27.8 Å². The Morgan fingerprint density at radius 2 is 1.97 bits per heavy atom. The molecule has 1 aliphatic heterocycles. The maximum atomic E-state index is 15.8. The molecule has 1 aliphatic rings. The van der Waals surface area contributed by atoms with Crippen molar-refractivity contribution in [2.75, 3.05) is 38.6 Å². The number of aromatic hydroxyl groups is 1. The summed E-state index contributed by atoms with van der Waals surface area (Å²) in [5, 5.41) is 10.4. The Hall–Kier alpha value is -3.92. The quantitative estimate of drug-likeness (QED) is 0.275. The van der Waals surface area contributed by atoms with Crippen LogP contribution in [0.15, 0.2) is 41.5 Å². The summed E-state index contributed by atoms with van der Waals surface area (Å²) in [6, 6.07) is 6.75. The number of anilines is 2. The number of likely N-dealkylation sites (N-methyl/N-ethyl adjacent to an activating group) is 1. The number of hydrogen-bond donors (Lipinski definition) is 1. The molecule has 206 valence electrons. The molecule has 3 aromatic rings. The van der Waals surface area contributed by atoms with Crippen molar-refractivity contribution in [3.63, 3.8) is 0 Å². The van der Waals surface area contributed by atoms with Crippen molar-refractivity contribution in [1.82, 2.24) is 19.8 Å². The van der Waals surface area contributed by atoms with E-state index in [0.29, 0.717) is 30.2 Å². The summed E-state index contributed by atoms with van der Waals surface area (Å²) >= 11 is 0. The number of nitrogens with zero attached hydrogens (tertiary/aromatic N) is 6. The van der Waals surface area contributed by atoms with Crippen LogP contribution in [0.2, 0.25) is 0 Å². The number of pyridine rings is 2. The summed E-state index contributed by atoms with van der Waals surface area (Å²) in [4.78, 5) is 32.0. The Labute approximate surface area is 227 Å². The largest absolute Gasteiger partial charge is 0.507 e. The molecule has 3 heterocycles. The molecular weight excluding hydrogens is 502 g/mol. The lowest BCUT2D eigenvalue weighted by Gasteiger charge is -2.40. The van der Waals surface area contributed by atoms with Crippen LogP contribution < -0.4 is 4.90 Å². The maximum Gasteiger partial charge on any atom is 0.219 e. The number of halogens is 2. The van der Waals surface area contributed by atoms with Gasteiger partial charge < -0.3 is 14.9 Å². The van der Waals surface area contributed by atoms with Crippen molar-refractivity contribution < 1.29 is 18.7 Å². The van der Waals surface area contributed by atoms with E-state index in [-0.39, 0.29) is 28.9 Å². The summed E-state index contributed by atoms with van der Waals surface area (Å²) in [5.74, 6) is -1.67. The number of amidine groups is 1. The minimum absolute atomic E-state index is 0.0432. The Kier molecular flexibility index (Phi) is 8.25. The molecule has 39 heavy (non-hydrogen) atoms. The fraction of sp³-hybridized carbons (Fsp3) is 0.379. The van der Waals surface area contributed by atoms with Crippen LogP contribution in [-0.2, 0) is 4.79 Å². The predicted molar refractivity (Wildman–Crippen MR) is 149 cm³/mol. The molecular formula is C29H34F2N6O2. The topological polar surface area (TPSA) is 85.2 Å². The molecule has 1 fully saturated rings. The van der Waals surface area contributed by atoms with Gasteiger partial charge in [0.05, 0.1) is 22.5 Å². The number of phenolic OH excluding ortho intramolecular Hbond substituents is 1. The summed E-state index contributed by atoms with van der Waals surface area (Å²) in [7, 11) is 3.64. The smallest absolute Gasteiger partial charge is 0.219 e. The number of hydrogen-bond acceptors (Lipinski definition) is 6. The second-order valence-corrected chi connectivity index (χ2v) is 10.2. The van der Waals surface area contributed by atoms with Gasteiger partial charge in [-0.05, 0) is 56.6 Å². The van der Waals surface area contributed by atoms with E-state index >= 15 is 4.39 Å². The molecule has 1 amide bonds. The number of benzene rings is 1. The Morgan fingerprint density at radius 3 is 2.59 bits per heavy atom. The molecule has 0 aliphatic carbocycles. The lowest BCUT2D eigenvalue weighted by atomic mass is 10.0. The first-order valence-corrected chi connectivity index (χ1v) is 12.9. The zero-order chi connectivity index (χ0) is 28.4. The average Bonchev–Trinajstić information content (AvgIpc) is 2.88. The third-order valence-electron chi connectivity index (χ3n) is 7.02. The first-order valence-electron chi connectivity index (χ1n) is 12.9. The molecule has 0 spiro atoms. The number of carbonyl (C=O) groups excluding carboxylic acids is 1. The Morgan fingerprint density at radius 1 is 1.23 bits per heavy atom. The summed E-state index contributed by atoms with van der Waals surface area (Å²) in [6.45, 7) is 9.99. The number of carbonyl (C=O) groups is 1. The van der Waals surface area contributed by atoms with E-state index in [4.69, 9.17) is 0 Å². The normalized spacial score (nSPS) is 16.6. The molecule has 10 heteroatoms. The van der Waals surface area contributed by atoms with E-state index in [1.165, 1.54) is 23.1 Å². The van der Waals surface area contributed by atoms with Gasteiger partial charge in [-0.3, -0.25) is 19.7 Å². The van der Waals surface area contributed by atoms with Crippen molar-refractivity contribution >= 4 is 23.8 Å². The van der Waals surface area contributed by atoms with Gasteiger partial charge in [0.1, 0.15) is 23.1 Å². The minimum atomic E-state index is -0.852. The highest BCUT2D eigenvalue weighted by molar-refractivity contribution is 6.06. The first kappa shape index (κ1) is 28.1. The van der Waals surface area contributed by atoms with Crippen LogP contribution in [-0.4, -0.2) is 76.9 Å². The number of piperazine rings is 1. The molecule has 1 unspecified atom stereocenters. The molecule has 0 saturated carbocycles. The van der Waals surface area contributed by atoms with Crippen molar-refractivity contribution in [2.45, 2.75) is 39.7 Å². The molecule has 1 aromatic carbocycles. The van der Waals surface area contributed by atoms with Crippen LogP contribution in [0.1, 0.15) is 43.5 Å². The van der Waals surface area contributed by atoms with Gasteiger partial charge in [-0.25, -0.2) is 13.8 Å². The zero-order valence-corrected chi connectivity index (χ0v) is 23.1. The van der Waals surface area contributed by atoms with Gasteiger partial charge in [0.2, 0.25) is 6.41 Å². The van der Waals surface area contributed by atoms with Crippen LogP contribution >= 0.6 is 0 Å². The number of phenols is 1. The summed E-state index contributed by atoms with van der Waals surface area (Å²) in [6.07, 6.45) is 2.27. The van der Waals surface area contributed by atoms with E-state index in [0.717, 1.165) is 24.7 Å². The van der Waals surface area contributed by atoms with Gasteiger partial charge in [0, 0.05) is 38.9 Å². The van der Waals surface area contributed by atoms with Gasteiger partial charge in [0.15, 0.2) is 11.6 Å². The number of aliphatic imine (C=N–C) groups is 1. The maximum absolute atomic E-state index is 15.8. The van der Waals surface area contributed by atoms with Crippen LogP contribution in [0.4, 0.5) is 20.3 Å². The van der Waals surface area contributed by atoms with E-state index in [9.17, 15) is 14.3 Å². The van der Waals surface area contributed by atoms with Gasteiger partial charge in [0.25, 0.3) is 0 Å². The predicted octanol–water partition coefficient (Wildman–Crippen LogP) is 4.87.